The van der Waals surface area contributed by atoms with Gasteiger partial charge in [-0.3, -0.25) is 9.59 Å². The molecule has 0 spiro atoms. The first-order valence-electron chi connectivity index (χ1n) is 11.3. The highest BCUT2D eigenvalue weighted by atomic mass is 16.3. The van der Waals surface area contributed by atoms with E-state index < -0.39 is 5.60 Å². The topological polar surface area (TPSA) is 98.9 Å². The smallest absolute Gasteiger partial charge is 0.254 e. The number of aliphatic hydroxyl groups is 1. The van der Waals surface area contributed by atoms with Crippen LogP contribution in [0, 0.1) is 0 Å². The van der Waals surface area contributed by atoms with Crippen LogP contribution < -0.4 is 11.1 Å². The van der Waals surface area contributed by atoms with Crippen molar-refractivity contribution in [3.05, 3.63) is 53.6 Å². The highest BCUT2D eigenvalue weighted by Crippen LogP contribution is 2.37. The summed E-state index contributed by atoms with van der Waals surface area (Å²) in [6.07, 6.45) is 1.09. The Kier molecular flexibility index (Phi) is 6.22. The molecule has 1 heterocycles. The Morgan fingerprint density at radius 3 is 2.16 bits per heavy atom. The minimum Gasteiger partial charge on any atom is -0.383 e. The van der Waals surface area contributed by atoms with Crippen molar-refractivity contribution in [1.29, 1.82) is 0 Å². The van der Waals surface area contributed by atoms with E-state index in [1.165, 1.54) is 0 Å². The van der Waals surface area contributed by atoms with Crippen molar-refractivity contribution >= 4 is 17.5 Å². The molecule has 1 saturated carbocycles. The van der Waals surface area contributed by atoms with Gasteiger partial charge >= 0.3 is 0 Å². The molecule has 0 unspecified atom stereocenters. The summed E-state index contributed by atoms with van der Waals surface area (Å²) in [4.78, 5) is 28.7. The zero-order chi connectivity index (χ0) is 22.9. The summed E-state index contributed by atoms with van der Waals surface area (Å²) in [6, 6.07) is 14.1. The van der Waals surface area contributed by atoms with Crippen LogP contribution >= 0.6 is 0 Å². The Bertz CT molecular complexity index is 991. The van der Waals surface area contributed by atoms with Crippen LogP contribution in [0.1, 0.15) is 42.6 Å². The van der Waals surface area contributed by atoms with Crippen molar-refractivity contribution in [1.82, 2.24) is 9.80 Å². The monoisotopic (exact) mass is 436 g/mol. The third-order valence-electron chi connectivity index (χ3n) is 6.21. The molecule has 4 N–H and O–H groups in total. The number of nitrogens with two attached hydrogens (primary N) is 1. The molecule has 0 aromatic heterocycles. The van der Waals surface area contributed by atoms with Crippen molar-refractivity contribution in [2.75, 3.05) is 31.5 Å². The van der Waals surface area contributed by atoms with Crippen LogP contribution in [0.5, 0.6) is 0 Å². The van der Waals surface area contributed by atoms with Crippen molar-refractivity contribution in [2.24, 2.45) is 5.73 Å². The van der Waals surface area contributed by atoms with Gasteiger partial charge in [0.05, 0.1) is 0 Å². The number of rotatable bonds is 6. The van der Waals surface area contributed by atoms with E-state index in [1.807, 2.05) is 30.3 Å². The van der Waals surface area contributed by atoms with Gasteiger partial charge in [-0.05, 0) is 61.6 Å². The third kappa shape index (κ3) is 4.64. The fraction of sp³-hybridized carbons (Fsp3) is 0.440. The van der Waals surface area contributed by atoms with E-state index in [-0.39, 0.29) is 11.8 Å². The van der Waals surface area contributed by atoms with Crippen LogP contribution in [-0.4, -0.2) is 64.5 Å². The van der Waals surface area contributed by atoms with Crippen LogP contribution in [-0.2, 0) is 11.3 Å². The largest absolute Gasteiger partial charge is 0.383 e. The minimum absolute atomic E-state index is 0.0329. The van der Waals surface area contributed by atoms with Crippen LogP contribution in [0.3, 0.4) is 0 Å². The number of carbonyl (C=O) groups is 2. The number of amides is 2. The van der Waals surface area contributed by atoms with Gasteiger partial charge in [-0.25, -0.2) is 0 Å². The molecule has 1 saturated heterocycles. The minimum atomic E-state index is -1.14. The summed E-state index contributed by atoms with van der Waals surface area (Å²) >= 11 is 0. The fourth-order valence-electron chi connectivity index (χ4n) is 4.11. The Morgan fingerprint density at radius 1 is 1.00 bits per heavy atom. The molecule has 0 bridgehead atoms. The molecule has 2 aliphatic rings. The summed E-state index contributed by atoms with van der Waals surface area (Å²) in [7, 11) is 0. The maximum atomic E-state index is 12.9. The van der Waals surface area contributed by atoms with Gasteiger partial charge in [-0.2, -0.15) is 0 Å². The van der Waals surface area contributed by atoms with Gasteiger partial charge in [-0.15, -0.1) is 0 Å². The maximum Gasteiger partial charge on any atom is 0.254 e. The summed E-state index contributed by atoms with van der Waals surface area (Å²) < 4.78 is 0. The molecule has 2 fully saturated rings. The van der Waals surface area contributed by atoms with Gasteiger partial charge in [0, 0.05) is 50.0 Å². The normalized spacial score (nSPS) is 17.4. The summed E-state index contributed by atoms with van der Waals surface area (Å²) in [5.41, 5.74) is 9.56. The number of hydrogen-bond acceptors (Lipinski definition) is 5. The first kappa shape index (κ1) is 22.3. The van der Waals surface area contributed by atoms with Gasteiger partial charge in [0.2, 0.25) is 0 Å². The molecular formula is C25H32N4O3. The van der Waals surface area contributed by atoms with Crippen molar-refractivity contribution in [2.45, 2.75) is 44.9 Å². The fourth-order valence-corrected chi connectivity index (χ4v) is 4.11. The summed E-state index contributed by atoms with van der Waals surface area (Å²) in [6.45, 7) is 6.54. The average molecular weight is 437 g/mol. The number of carbonyl (C=O) groups excluding carboxylic acids is 2. The molecule has 4 rings (SSSR count). The van der Waals surface area contributed by atoms with E-state index in [0.717, 1.165) is 22.4 Å². The van der Waals surface area contributed by atoms with Crippen molar-refractivity contribution < 1.29 is 14.7 Å². The Hall–Kier alpha value is -2.90. The average Bonchev–Trinajstić information content (AvgIpc) is 3.56. The number of hydrogen-bond donors (Lipinski definition) is 3. The van der Waals surface area contributed by atoms with Gasteiger partial charge in [0.1, 0.15) is 5.60 Å². The molecule has 2 amide bonds. The third-order valence-corrected chi connectivity index (χ3v) is 6.21. The highest BCUT2D eigenvalue weighted by molar-refractivity contribution is 5.95. The van der Waals surface area contributed by atoms with E-state index in [2.05, 4.69) is 31.3 Å². The van der Waals surface area contributed by atoms with Crippen molar-refractivity contribution in [3.8, 4) is 11.1 Å². The Labute approximate surface area is 189 Å². The SMILES string of the molecule is CC(C)Nc1cc(-c2ccc(C(=O)N3CCN(C(=O)C4(O)CC4)CC3)cc2)ccc1CN. The molecule has 0 atom stereocenters. The van der Waals surface area contributed by atoms with Crippen LogP contribution in [0.2, 0.25) is 0 Å². The summed E-state index contributed by atoms with van der Waals surface area (Å²) in [5.74, 6) is -0.227. The van der Waals surface area contributed by atoms with Gasteiger partial charge in [0.25, 0.3) is 11.8 Å². The zero-order valence-electron chi connectivity index (χ0n) is 18.8. The molecule has 170 valence electrons. The lowest BCUT2D eigenvalue weighted by Crippen LogP contribution is -2.53. The second-order valence-corrected chi connectivity index (χ2v) is 9.07. The molecule has 2 aromatic rings. The number of benzene rings is 2. The number of piperazine rings is 1. The number of anilines is 1. The van der Waals surface area contributed by atoms with E-state index >= 15 is 0 Å². The van der Waals surface area contributed by atoms with Crippen LogP contribution in [0.15, 0.2) is 42.5 Å². The second kappa shape index (κ2) is 8.92. The molecule has 0 radical (unpaired) electrons. The van der Waals surface area contributed by atoms with Gasteiger partial charge in [-0.1, -0.05) is 24.3 Å². The molecule has 1 aliphatic carbocycles. The molecule has 7 heteroatoms. The Balaban J connectivity index is 1.41. The lowest BCUT2D eigenvalue weighted by molar-refractivity contribution is -0.143. The molecule has 2 aromatic carbocycles. The van der Waals surface area contributed by atoms with E-state index in [4.69, 9.17) is 5.73 Å². The number of nitrogens with zero attached hydrogens (tertiary/aromatic N) is 2. The van der Waals surface area contributed by atoms with Gasteiger partial charge < -0.3 is 26.0 Å². The maximum absolute atomic E-state index is 12.9. The second-order valence-electron chi connectivity index (χ2n) is 9.07. The first-order valence-corrected chi connectivity index (χ1v) is 11.3. The van der Waals surface area contributed by atoms with E-state index in [9.17, 15) is 14.7 Å². The predicted molar refractivity (Wildman–Crippen MR) is 125 cm³/mol. The Morgan fingerprint density at radius 2 is 1.59 bits per heavy atom. The lowest BCUT2D eigenvalue weighted by Gasteiger charge is -2.35. The molecular weight excluding hydrogens is 404 g/mol. The van der Waals surface area contributed by atoms with Crippen molar-refractivity contribution in [3.63, 3.8) is 0 Å². The summed E-state index contributed by atoms with van der Waals surface area (Å²) in [5, 5.41) is 13.5. The molecule has 1 aliphatic heterocycles. The van der Waals surface area contributed by atoms with Crippen LogP contribution in [0.4, 0.5) is 5.69 Å². The number of nitrogens with one attached hydrogen (secondary N) is 1. The van der Waals surface area contributed by atoms with Crippen LogP contribution in [0.25, 0.3) is 11.1 Å². The lowest BCUT2D eigenvalue weighted by atomic mass is 10.0. The van der Waals surface area contributed by atoms with Gasteiger partial charge in [0.15, 0.2) is 0 Å². The highest BCUT2D eigenvalue weighted by Gasteiger charge is 2.50. The standard InChI is InChI=1S/C25H32N4O3/c1-17(2)27-22-15-20(7-8-21(22)16-26)18-3-5-19(6-4-18)23(30)28-11-13-29(14-12-28)24(31)25(32)9-10-25/h3-8,15,17,27,32H,9-14,16,26H2,1-2H3. The van der Waals surface area contributed by atoms with E-state index in [1.54, 1.807) is 9.80 Å². The first-order chi connectivity index (χ1) is 15.3. The quantitative estimate of drug-likeness (QED) is 0.646. The zero-order valence-corrected chi connectivity index (χ0v) is 18.8. The molecule has 7 nitrogen and oxygen atoms in total. The predicted octanol–water partition coefficient (Wildman–Crippen LogP) is 2.44. The van der Waals surface area contributed by atoms with E-state index in [0.29, 0.717) is 57.2 Å². The molecule has 32 heavy (non-hydrogen) atoms.